The molecule has 1 N–H and O–H groups in total. The molecule has 39 heavy (non-hydrogen) atoms. The zero-order valence-electron chi connectivity index (χ0n) is 25.6. The number of fused-ring (bicyclic) bond motifs is 4. The number of rotatable bonds is 3. The fraction of sp³-hybridized carbons (Fsp3) is 0.297. The molecule has 1 aliphatic carbocycles. The zero-order valence-corrected chi connectivity index (χ0v) is 25.6. The van der Waals surface area contributed by atoms with Crippen LogP contribution in [0.5, 0.6) is 0 Å². The highest BCUT2D eigenvalue weighted by Gasteiger charge is 2.21. The normalized spacial score (nSPS) is 12.9. The number of aryl methyl sites for hydroxylation is 1. The lowest BCUT2D eigenvalue weighted by molar-refractivity contribution is 0.810. The van der Waals surface area contributed by atoms with Crippen LogP contribution in [0.15, 0.2) is 85.5 Å². The van der Waals surface area contributed by atoms with E-state index in [4.69, 9.17) is 0 Å². The Morgan fingerprint density at radius 2 is 1.44 bits per heavy atom. The van der Waals surface area contributed by atoms with Crippen LogP contribution >= 0.6 is 0 Å². The van der Waals surface area contributed by atoms with Gasteiger partial charge in [-0.2, -0.15) is 0 Å². The zero-order chi connectivity index (χ0) is 28.9. The number of nitrogens with zero attached hydrogens (tertiary/aromatic N) is 1. The quantitative estimate of drug-likeness (QED) is 0.244. The fourth-order valence-corrected chi connectivity index (χ4v) is 5.12. The van der Waals surface area contributed by atoms with Crippen molar-refractivity contribution in [2.45, 2.75) is 74.7 Å². The summed E-state index contributed by atoms with van der Waals surface area (Å²) in [5.41, 5.74) is 10.1. The molecule has 0 bridgehead atoms. The Morgan fingerprint density at radius 3 is 2.10 bits per heavy atom. The second-order valence-corrected chi connectivity index (χ2v) is 8.39. The van der Waals surface area contributed by atoms with Crippen LogP contribution in [-0.4, -0.2) is 9.55 Å². The van der Waals surface area contributed by atoms with E-state index in [0.717, 1.165) is 12.1 Å². The van der Waals surface area contributed by atoms with Gasteiger partial charge in [-0.25, -0.2) is 0 Å². The maximum Gasteiger partial charge on any atom is 0.0540 e. The van der Waals surface area contributed by atoms with Gasteiger partial charge in [0.05, 0.1) is 5.52 Å². The maximum absolute atomic E-state index is 4.10. The van der Waals surface area contributed by atoms with E-state index in [0.29, 0.717) is 5.92 Å². The van der Waals surface area contributed by atoms with Gasteiger partial charge in [-0.05, 0) is 54.8 Å². The molecular formula is C37H48N2. The molecule has 1 aliphatic rings. The highest BCUT2D eigenvalue weighted by Crippen LogP contribution is 2.37. The van der Waals surface area contributed by atoms with Gasteiger partial charge in [0.25, 0.3) is 0 Å². The lowest BCUT2D eigenvalue weighted by Gasteiger charge is -2.18. The Bertz CT molecular complexity index is 1480. The fourth-order valence-electron chi connectivity index (χ4n) is 5.12. The van der Waals surface area contributed by atoms with E-state index < -0.39 is 0 Å². The summed E-state index contributed by atoms with van der Waals surface area (Å²) >= 11 is 0. The first-order chi connectivity index (χ1) is 19.2. The highest BCUT2D eigenvalue weighted by atomic mass is 15.0. The number of aromatic amines is 1. The Balaban J connectivity index is 0.000000614. The molecular weight excluding hydrogens is 472 g/mol. The van der Waals surface area contributed by atoms with Gasteiger partial charge in [-0.3, -0.25) is 0 Å². The minimum atomic E-state index is 0.358. The predicted octanol–water partition coefficient (Wildman–Crippen LogP) is 11.5. The molecule has 1 atom stereocenters. The molecule has 0 amide bonds. The topological polar surface area (TPSA) is 20.7 Å². The van der Waals surface area contributed by atoms with Crippen LogP contribution in [0.3, 0.4) is 0 Å². The molecule has 5 aromatic rings. The lowest BCUT2D eigenvalue weighted by atomic mass is 9.87. The summed E-state index contributed by atoms with van der Waals surface area (Å²) in [5.74, 6) is 0.358. The van der Waals surface area contributed by atoms with E-state index in [1.165, 1.54) is 49.9 Å². The maximum atomic E-state index is 4.10. The molecule has 0 aliphatic heterocycles. The summed E-state index contributed by atoms with van der Waals surface area (Å²) in [4.78, 5) is 3.64. The third-order valence-corrected chi connectivity index (χ3v) is 6.67. The van der Waals surface area contributed by atoms with E-state index in [2.05, 4.69) is 108 Å². The second kappa shape index (κ2) is 15.6. The number of para-hydroxylation sites is 2. The van der Waals surface area contributed by atoms with Crippen molar-refractivity contribution in [3.05, 3.63) is 114 Å². The van der Waals surface area contributed by atoms with Crippen LogP contribution < -0.4 is 0 Å². The molecule has 2 aromatic heterocycles. The van der Waals surface area contributed by atoms with Gasteiger partial charge in [-0.15, -0.1) is 0 Å². The summed E-state index contributed by atoms with van der Waals surface area (Å²) in [7, 11) is 0. The second-order valence-electron chi connectivity index (χ2n) is 8.39. The van der Waals surface area contributed by atoms with E-state index in [-0.39, 0.29) is 0 Å². The van der Waals surface area contributed by atoms with Crippen LogP contribution in [0, 0.1) is 6.92 Å². The molecule has 1 unspecified atom stereocenters. The molecule has 2 heterocycles. The number of aromatic nitrogens is 2. The summed E-state index contributed by atoms with van der Waals surface area (Å²) < 4.78 is 2.34. The molecule has 0 saturated carbocycles. The SMILES string of the molecule is C=Cc1c(C)c2ccc(C3C=Cc4c([nH]c5ccccc45)C3)cc2n1-c1ccccc1.CC.CC.CC.CC. The van der Waals surface area contributed by atoms with Gasteiger partial charge < -0.3 is 9.55 Å². The summed E-state index contributed by atoms with van der Waals surface area (Å²) in [6.07, 6.45) is 7.62. The first-order valence-electron chi connectivity index (χ1n) is 14.8. The van der Waals surface area contributed by atoms with Crippen LogP contribution in [0.1, 0.15) is 89.4 Å². The lowest BCUT2D eigenvalue weighted by Crippen LogP contribution is -2.05. The number of nitrogens with one attached hydrogen (secondary N) is 1. The average Bonchev–Trinajstić information content (AvgIpc) is 3.55. The monoisotopic (exact) mass is 520 g/mol. The molecule has 6 rings (SSSR count). The molecule has 3 aromatic carbocycles. The van der Waals surface area contributed by atoms with Crippen molar-refractivity contribution in [2.24, 2.45) is 0 Å². The van der Waals surface area contributed by atoms with E-state index in [9.17, 15) is 0 Å². The van der Waals surface area contributed by atoms with Crippen LogP contribution in [-0.2, 0) is 6.42 Å². The number of H-pyrrole nitrogens is 1. The van der Waals surface area contributed by atoms with Crippen molar-refractivity contribution in [3.8, 4) is 5.69 Å². The average molecular weight is 521 g/mol. The summed E-state index contributed by atoms with van der Waals surface area (Å²) in [6.45, 7) is 22.3. The first kappa shape index (κ1) is 31.4. The summed E-state index contributed by atoms with van der Waals surface area (Å²) in [5, 5.41) is 2.60. The third kappa shape index (κ3) is 6.28. The summed E-state index contributed by atoms with van der Waals surface area (Å²) in [6, 6.07) is 26.1. The van der Waals surface area contributed by atoms with Crippen LogP contribution in [0.4, 0.5) is 0 Å². The third-order valence-electron chi connectivity index (χ3n) is 6.67. The van der Waals surface area contributed by atoms with E-state index in [1.807, 2.05) is 61.5 Å². The molecule has 2 heteroatoms. The van der Waals surface area contributed by atoms with Crippen molar-refractivity contribution < 1.29 is 0 Å². The highest BCUT2D eigenvalue weighted by molar-refractivity contribution is 5.92. The first-order valence-corrected chi connectivity index (χ1v) is 14.8. The van der Waals surface area contributed by atoms with Crippen molar-refractivity contribution in [1.29, 1.82) is 0 Å². The van der Waals surface area contributed by atoms with Gasteiger partial charge in [0.2, 0.25) is 0 Å². The molecule has 0 saturated heterocycles. The van der Waals surface area contributed by atoms with Gasteiger partial charge in [0.15, 0.2) is 0 Å². The Hall–Kier alpha value is -3.78. The van der Waals surface area contributed by atoms with Crippen molar-refractivity contribution >= 4 is 34.0 Å². The van der Waals surface area contributed by atoms with E-state index >= 15 is 0 Å². The van der Waals surface area contributed by atoms with E-state index in [1.54, 1.807) is 0 Å². The minimum absolute atomic E-state index is 0.358. The van der Waals surface area contributed by atoms with Gasteiger partial charge in [0.1, 0.15) is 0 Å². The predicted molar refractivity (Wildman–Crippen MR) is 177 cm³/mol. The standard InChI is InChI=1S/C29H24N2.4C2H6/c1-3-28-19(2)23-15-13-21(18-29(23)31(28)22-9-5-4-6-10-22)20-14-16-25-24-11-7-8-12-26(24)30-27(25)17-20;4*1-2/h3-16,18,20,30H,1,17H2,2H3;4*1-2H3. The van der Waals surface area contributed by atoms with Crippen LogP contribution in [0.25, 0.3) is 39.6 Å². The number of benzene rings is 3. The molecule has 0 fully saturated rings. The number of hydrogen-bond acceptors (Lipinski definition) is 0. The number of hydrogen-bond donors (Lipinski definition) is 1. The van der Waals surface area contributed by atoms with Gasteiger partial charge in [-0.1, -0.05) is 123 Å². The number of allylic oxidation sites excluding steroid dienone is 1. The van der Waals surface area contributed by atoms with Crippen molar-refractivity contribution in [1.82, 2.24) is 9.55 Å². The Morgan fingerprint density at radius 1 is 0.795 bits per heavy atom. The Kier molecular flexibility index (Phi) is 12.6. The van der Waals surface area contributed by atoms with Gasteiger partial charge >= 0.3 is 0 Å². The molecule has 206 valence electrons. The molecule has 0 spiro atoms. The Labute approximate surface area is 237 Å². The van der Waals surface area contributed by atoms with Crippen molar-refractivity contribution in [2.75, 3.05) is 0 Å². The van der Waals surface area contributed by atoms with Crippen molar-refractivity contribution in [3.63, 3.8) is 0 Å². The smallest absolute Gasteiger partial charge is 0.0540 e. The molecule has 2 nitrogen and oxygen atoms in total. The molecule has 0 radical (unpaired) electrons. The van der Waals surface area contributed by atoms with Gasteiger partial charge in [0, 0.05) is 44.8 Å². The van der Waals surface area contributed by atoms with Crippen LogP contribution in [0.2, 0.25) is 0 Å². The largest absolute Gasteiger partial charge is 0.358 e. The minimum Gasteiger partial charge on any atom is -0.358 e.